The molecule has 0 amide bonds. The maximum absolute atomic E-state index is 12.2. The Kier molecular flexibility index (Phi) is 5.09. The number of carbonyl (C=O) groups excluding carboxylic acids is 1. The minimum absolute atomic E-state index is 0.283. The summed E-state index contributed by atoms with van der Waals surface area (Å²) in [4.78, 5) is 17.8. The molecule has 0 spiro atoms. The van der Waals surface area contributed by atoms with E-state index in [0.717, 1.165) is 6.26 Å². The van der Waals surface area contributed by atoms with Crippen molar-refractivity contribution in [2.75, 3.05) is 40.7 Å². The summed E-state index contributed by atoms with van der Waals surface area (Å²) in [5.41, 5.74) is 0. The Hall–Kier alpha value is -0.780. The number of rotatable bonds is 6. The summed E-state index contributed by atoms with van der Waals surface area (Å²) in [6.45, 7) is 0.199. The molecule has 0 unspecified atom stereocenters. The Bertz CT molecular complexity index is 517. The molecule has 0 aromatic carbocycles. The fourth-order valence-corrected chi connectivity index (χ4v) is 3.44. The molecule has 0 bridgehead atoms. The average Bonchev–Trinajstić information content (AvgIpc) is 3.00. The Morgan fingerprint density at radius 3 is 2.45 bits per heavy atom. The zero-order chi connectivity index (χ0) is 16.5. The van der Waals surface area contributed by atoms with Crippen molar-refractivity contribution in [1.82, 2.24) is 5.06 Å². The molecule has 22 heavy (non-hydrogen) atoms. The molecule has 2 saturated heterocycles. The molecule has 9 nitrogen and oxygen atoms in total. The zero-order valence-corrected chi connectivity index (χ0v) is 13.8. The van der Waals surface area contributed by atoms with Crippen LogP contribution in [-0.2, 0) is 38.1 Å². The smallest absolute Gasteiger partial charge is 0.313 e. The van der Waals surface area contributed by atoms with Gasteiger partial charge in [-0.15, -0.1) is 0 Å². The van der Waals surface area contributed by atoms with Gasteiger partial charge in [-0.1, -0.05) is 0 Å². The van der Waals surface area contributed by atoms with Crippen LogP contribution in [0, 0.1) is 5.92 Å². The number of esters is 1. The molecule has 128 valence electrons. The van der Waals surface area contributed by atoms with Crippen LogP contribution in [0.3, 0.4) is 0 Å². The molecule has 2 aliphatic heterocycles. The minimum Gasteiger partial charge on any atom is -0.469 e. The Labute approximate surface area is 129 Å². The third kappa shape index (κ3) is 3.12. The van der Waals surface area contributed by atoms with Gasteiger partial charge in [-0.2, -0.15) is 13.5 Å². The molecule has 2 fully saturated rings. The molecule has 10 heteroatoms. The molecular weight excluding hydrogens is 318 g/mol. The number of hydrogen-bond donors (Lipinski definition) is 0. The van der Waals surface area contributed by atoms with E-state index >= 15 is 0 Å². The number of hydrogen-bond acceptors (Lipinski definition) is 9. The maximum atomic E-state index is 12.2. The summed E-state index contributed by atoms with van der Waals surface area (Å²) in [5, 5.41) is 1.57. The highest BCUT2D eigenvalue weighted by Gasteiger charge is 2.62. The average molecular weight is 339 g/mol. The highest BCUT2D eigenvalue weighted by Crippen LogP contribution is 2.44. The first-order chi connectivity index (χ1) is 10.3. The maximum Gasteiger partial charge on any atom is 0.313 e. The van der Waals surface area contributed by atoms with Crippen LogP contribution < -0.4 is 0 Å². The van der Waals surface area contributed by atoms with Gasteiger partial charge in [-0.25, -0.2) is 0 Å². The number of carbonyl (C=O) groups is 1. The van der Waals surface area contributed by atoms with Crippen LogP contribution in [0.1, 0.15) is 6.42 Å². The van der Waals surface area contributed by atoms with Gasteiger partial charge in [0.05, 0.1) is 20.0 Å². The lowest BCUT2D eigenvalue weighted by Crippen LogP contribution is -2.51. The van der Waals surface area contributed by atoms with Crippen LogP contribution in [0.25, 0.3) is 0 Å². The molecule has 2 aliphatic rings. The molecule has 2 heterocycles. The van der Waals surface area contributed by atoms with E-state index in [2.05, 4.69) is 0 Å². The molecule has 0 aliphatic carbocycles. The van der Waals surface area contributed by atoms with Crippen molar-refractivity contribution in [2.45, 2.75) is 24.4 Å². The zero-order valence-electron chi connectivity index (χ0n) is 13.0. The van der Waals surface area contributed by atoms with Gasteiger partial charge in [-0.05, 0) is 0 Å². The third-order valence-electron chi connectivity index (χ3n) is 4.06. The standard InChI is InChI=1S/C12H21NO8S/c1-17-11(14)9-8(7-20-22(4,15)16)21-13-6-5-12(18-2,19-3)10(9)13/h8-10H,5-7H2,1-4H3/t8-,9-,10-/m0/s1. The van der Waals surface area contributed by atoms with E-state index in [9.17, 15) is 13.2 Å². The van der Waals surface area contributed by atoms with Crippen molar-refractivity contribution in [1.29, 1.82) is 0 Å². The van der Waals surface area contributed by atoms with Gasteiger partial charge in [0, 0.05) is 27.2 Å². The van der Waals surface area contributed by atoms with Crippen molar-refractivity contribution in [3.63, 3.8) is 0 Å². The normalized spacial score (nSPS) is 31.2. The number of methoxy groups -OCH3 is 3. The molecule has 0 N–H and O–H groups in total. The predicted octanol–water partition coefficient (Wildman–Crippen LogP) is -0.871. The van der Waals surface area contributed by atoms with Crippen molar-refractivity contribution < 1.29 is 36.4 Å². The van der Waals surface area contributed by atoms with Crippen molar-refractivity contribution in [2.24, 2.45) is 5.92 Å². The van der Waals surface area contributed by atoms with Crippen LogP contribution >= 0.6 is 0 Å². The summed E-state index contributed by atoms with van der Waals surface area (Å²) in [5.74, 6) is -2.33. The second kappa shape index (κ2) is 6.38. The van der Waals surface area contributed by atoms with Gasteiger partial charge in [-0.3, -0.25) is 13.8 Å². The lowest BCUT2D eigenvalue weighted by atomic mass is 9.90. The molecule has 0 aromatic rings. The largest absolute Gasteiger partial charge is 0.469 e. The van der Waals surface area contributed by atoms with Crippen molar-refractivity contribution >= 4 is 16.1 Å². The third-order valence-corrected chi connectivity index (χ3v) is 4.63. The predicted molar refractivity (Wildman–Crippen MR) is 73.0 cm³/mol. The molecule has 3 atom stereocenters. The van der Waals surface area contributed by atoms with E-state index < -0.39 is 39.9 Å². The first kappa shape index (κ1) is 17.6. The quantitative estimate of drug-likeness (QED) is 0.347. The number of fused-ring (bicyclic) bond motifs is 1. The van der Waals surface area contributed by atoms with Gasteiger partial charge in [0.25, 0.3) is 10.1 Å². The fraction of sp³-hybridized carbons (Fsp3) is 0.917. The molecule has 2 rings (SSSR count). The summed E-state index contributed by atoms with van der Waals surface area (Å²) in [6.07, 6.45) is 0.653. The van der Waals surface area contributed by atoms with Crippen LogP contribution in [0.5, 0.6) is 0 Å². The van der Waals surface area contributed by atoms with E-state index in [-0.39, 0.29) is 6.61 Å². The molecule has 0 radical (unpaired) electrons. The summed E-state index contributed by atoms with van der Waals surface area (Å²) < 4.78 is 42.9. The van der Waals surface area contributed by atoms with E-state index in [1.807, 2.05) is 0 Å². The fourth-order valence-electron chi connectivity index (χ4n) is 3.06. The van der Waals surface area contributed by atoms with Gasteiger partial charge < -0.3 is 14.2 Å². The van der Waals surface area contributed by atoms with Gasteiger partial charge in [0.2, 0.25) is 0 Å². The summed E-state index contributed by atoms with van der Waals surface area (Å²) in [6, 6.07) is -0.539. The Balaban J connectivity index is 2.26. The van der Waals surface area contributed by atoms with Crippen molar-refractivity contribution in [3.05, 3.63) is 0 Å². The Morgan fingerprint density at radius 1 is 1.32 bits per heavy atom. The van der Waals surface area contributed by atoms with E-state index in [0.29, 0.717) is 13.0 Å². The SMILES string of the molecule is COC(=O)[C@H]1[C@H](COS(C)(=O)=O)ON2CCC(OC)(OC)[C@H]12. The van der Waals surface area contributed by atoms with Gasteiger partial charge >= 0.3 is 5.97 Å². The van der Waals surface area contributed by atoms with Gasteiger partial charge in [0.1, 0.15) is 18.1 Å². The monoisotopic (exact) mass is 339 g/mol. The summed E-state index contributed by atoms with van der Waals surface area (Å²) in [7, 11) is 0.591. The number of nitrogens with zero attached hydrogens (tertiary/aromatic N) is 1. The topological polar surface area (TPSA) is 101 Å². The van der Waals surface area contributed by atoms with E-state index in [1.165, 1.54) is 21.3 Å². The molecule has 0 saturated carbocycles. The Morgan fingerprint density at radius 2 is 1.95 bits per heavy atom. The van der Waals surface area contributed by atoms with E-state index in [4.69, 9.17) is 23.2 Å². The second-order valence-electron chi connectivity index (χ2n) is 5.24. The van der Waals surface area contributed by atoms with Gasteiger partial charge in [0.15, 0.2) is 5.79 Å². The van der Waals surface area contributed by atoms with Crippen LogP contribution in [0.4, 0.5) is 0 Å². The van der Waals surface area contributed by atoms with E-state index in [1.54, 1.807) is 5.06 Å². The molecule has 0 aromatic heterocycles. The van der Waals surface area contributed by atoms with Crippen LogP contribution in [0.15, 0.2) is 0 Å². The number of ether oxygens (including phenoxy) is 3. The second-order valence-corrected chi connectivity index (χ2v) is 6.88. The summed E-state index contributed by atoms with van der Waals surface area (Å²) >= 11 is 0. The minimum atomic E-state index is -3.64. The first-order valence-corrected chi connectivity index (χ1v) is 8.55. The lowest BCUT2D eigenvalue weighted by molar-refractivity contribution is -0.238. The first-order valence-electron chi connectivity index (χ1n) is 6.74. The van der Waals surface area contributed by atoms with Crippen LogP contribution in [0.2, 0.25) is 0 Å². The van der Waals surface area contributed by atoms with Crippen molar-refractivity contribution in [3.8, 4) is 0 Å². The van der Waals surface area contributed by atoms with Crippen LogP contribution in [-0.4, -0.2) is 78.1 Å². The number of hydroxylamine groups is 2. The molecular formula is C12H21NO8S. The lowest BCUT2D eigenvalue weighted by Gasteiger charge is -2.33. The highest BCUT2D eigenvalue weighted by molar-refractivity contribution is 7.85. The highest BCUT2D eigenvalue weighted by atomic mass is 32.2.